The molecule has 4 heteroatoms. The molecule has 0 aliphatic rings. The number of rotatable bonds is 7. The van der Waals surface area contributed by atoms with E-state index in [0.29, 0.717) is 13.0 Å². The van der Waals surface area contributed by atoms with Gasteiger partial charge < -0.3 is 10.0 Å². The zero-order valence-electron chi connectivity index (χ0n) is 10.8. The summed E-state index contributed by atoms with van der Waals surface area (Å²) in [5.74, 6) is -0.991. The van der Waals surface area contributed by atoms with Gasteiger partial charge in [0.15, 0.2) is 0 Å². The van der Waals surface area contributed by atoms with Gasteiger partial charge in [-0.15, -0.1) is 6.58 Å². The summed E-state index contributed by atoms with van der Waals surface area (Å²) >= 11 is 0. The van der Waals surface area contributed by atoms with Crippen molar-refractivity contribution in [1.29, 1.82) is 5.26 Å². The van der Waals surface area contributed by atoms with Gasteiger partial charge in [-0.2, -0.15) is 5.26 Å². The summed E-state index contributed by atoms with van der Waals surface area (Å²) in [6, 6.07) is 11.5. The number of nitriles is 1. The Bertz CT molecular complexity index is 451. The van der Waals surface area contributed by atoms with Crippen LogP contribution in [0.4, 0.5) is 0 Å². The normalized spacial score (nSPS) is 11.4. The van der Waals surface area contributed by atoms with Crippen LogP contribution in [0, 0.1) is 17.2 Å². The van der Waals surface area contributed by atoms with Crippen molar-refractivity contribution in [2.24, 2.45) is 5.92 Å². The molecule has 1 aromatic rings. The molecule has 19 heavy (non-hydrogen) atoms. The molecule has 0 bridgehead atoms. The highest BCUT2D eigenvalue weighted by Gasteiger charge is 2.23. The number of nitrogens with zero attached hydrogens (tertiary/aromatic N) is 2. The molecule has 4 nitrogen and oxygen atoms in total. The van der Waals surface area contributed by atoms with Gasteiger partial charge in [-0.25, -0.2) is 0 Å². The van der Waals surface area contributed by atoms with Crippen molar-refractivity contribution in [3.05, 3.63) is 48.6 Å². The zero-order chi connectivity index (χ0) is 14.1. The van der Waals surface area contributed by atoms with Crippen LogP contribution in [-0.2, 0) is 11.2 Å². The number of aliphatic hydroxyl groups excluding tert-OH is 1. The molecular formula is C15H18N2O2. The highest BCUT2D eigenvalue weighted by atomic mass is 16.3. The molecule has 0 saturated heterocycles. The molecule has 1 amide bonds. The summed E-state index contributed by atoms with van der Waals surface area (Å²) in [5.41, 5.74) is 0.949. The summed E-state index contributed by atoms with van der Waals surface area (Å²) in [4.78, 5) is 13.7. The van der Waals surface area contributed by atoms with Gasteiger partial charge in [-0.05, 0) is 12.0 Å². The van der Waals surface area contributed by atoms with Crippen LogP contribution in [0.2, 0.25) is 0 Å². The maximum atomic E-state index is 12.2. The van der Waals surface area contributed by atoms with Crippen LogP contribution in [0.15, 0.2) is 43.0 Å². The van der Waals surface area contributed by atoms with Crippen molar-refractivity contribution < 1.29 is 9.90 Å². The summed E-state index contributed by atoms with van der Waals surface area (Å²) in [6.07, 6.45) is 1.97. The first-order valence-corrected chi connectivity index (χ1v) is 6.17. The molecule has 0 aliphatic heterocycles. The third kappa shape index (κ3) is 4.57. The van der Waals surface area contributed by atoms with E-state index in [1.54, 1.807) is 6.08 Å². The van der Waals surface area contributed by atoms with E-state index in [2.05, 4.69) is 6.58 Å². The second-order valence-corrected chi connectivity index (χ2v) is 4.17. The second-order valence-electron chi connectivity index (χ2n) is 4.17. The molecule has 1 aromatic carbocycles. The van der Waals surface area contributed by atoms with Crippen molar-refractivity contribution in [3.63, 3.8) is 0 Å². The Labute approximate surface area is 113 Å². The molecule has 0 fully saturated rings. The van der Waals surface area contributed by atoms with Gasteiger partial charge in [0.05, 0.1) is 12.7 Å². The molecule has 0 saturated carbocycles. The van der Waals surface area contributed by atoms with E-state index >= 15 is 0 Å². The molecule has 1 rings (SSSR count). The molecule has 0 heterocycles. The van der Waals surface area contributed by atoms with Crippen molar-refractivity contribution in [2.75, 3.05) is 19.7 Å². The van der Waals surface area contributed by atoms with E-state index in [0.717, 1.165) is 5.56 Å². The van der Waals surface area contributed by atoms with Crippen LogP contribution < -0.4 is 0 Å². The van der Waals surface area contributed by atoms with Gasteiger partial charge in [0.25, 0.3) is 0 Å². The summed E-state index contributed by atoms with van der Waals surface area (Å²) in [7, 11) is 0. The maximum Gasteiger partial charge on any atom is 0.240 e. The van der Waals surface area contributed by atoms with Crippen molar-refractivity contribution >= 4 is 5.91 Å². The number of aliphatic hydroxyl groups is 1. The van der Waals surface area contributed by atoms with E-state index in [-0.39, 0.29) is 19.1 Å². The Kier molecular flexibility index (Phi) is 6.34. The van der Waals surface area contributed by atoms with Crippen molar-refractivity contribution in [2.45, 2.75) is 6.42 Å². The summed E-state index contributed by atoms with van der Waals surface area (Å²) < 4.78 is 0. The van der Waals surface area contributed by atoms with Crippen molar-refractivity contribution in [1.82, 2.24) is 4.90 Å². The topological polar surface area (TPSA) is 64.3 Å². The number of benzene rings is 1. The third-order valence-electron chi connectivity index (χ3n) is 2.77. The summed E-state index contributed by atoms with van der Waals surface area (Å²) in [6.45, 7) is 4.01. The average molecular weight is 258 g/mol. The standard InChI is InChI=1S/C15H18N2O2/c1-2-8-17(9-10-18)15(19)14(12-16)11-13-6-4-3-5-7-13/h2-7,14,18H,1,8-11H2. The fraction of sp³-hybridized carbons (Fsp3) is 0.333. The Morgan fingerprint density at radius 1 is 1.47 bits per heavy atom. The van der Waals surface area contributed by atoms with E-state index < -0.39 is 5.92 Å². The molecule has 0 spiro atoms. The fourth-order valence-corrected chi connectivity index (χ4v) is 1.83. The minimum absolute atomic E-state index is 0.122. The molecule has 0 aliphatic carbocycles. The quantitative estimate of drug-likeness (QED) is 0.751. The van der Waals surface area contributed by atoms with E-state index in [4.69, 9.17) is 10.4 Å². The molecular weight excluding hydrogens is 240 g/mol. The van der Waals surface area contributed by atoms with Crippen LogP contribution in [0.25, 0.3) is 0 Å². The molecule has 1 unspecified atom stereocenters. The largest absolute Gasteiger partial charge is 0.395 e. The van der Waals surface area contributed by atoms with Gasteiger partial charge in [0.1, 0.15) is 5.92 Å². The molecule has 0 radical (unpaired) electrons. The minimum atomic E-state index is -0.728. The SMILES string of the molecule is C=CCN(CCO)C(=O)C(C#N)Cc1ccccc1. The zero-order valence-corrected chi connectivity index (χ0v) is 10.8. The minimum Gasteiger partial charge on any atom is -0.395 e. The monoisotopic (exact) mass is 258 g/mol. The third-order valence-corrected chi connectivity index (χ3v) is 2.77. The predicted molar refractivity (Wildman–Crippen MR) is 73.1 cm³/mol. The lowest BCUT2D eigenvalue weighted by Crippen LogP contribution is -2.38. The number of hydrogen-bond acceptors (Lipinski definition) is 3. The van der Waals surface area contributed by atoms with E-state index in [1.807, 2.05) is 36.4 Å². The highest BCUT2D eigenvalue weighted by molar-refractivity contribution is 5.81. The summed E-state index contributed by atoms with van der Waals surface area (Å²) in [5, 5.41) is 18.1. The molecule has 1 atom stereocenters. The number of hydrogen-bond donors (Lipinski definition) is 1. The first-order chi connectivity index (χ1) is 9.22. The van der Waals surface area contributed by atoms with E-state index in [9.17, 15) is 4.79 Å². The first-order valence-electron chi connectivity index (χ1n) is 6.17. The average Bonchev–Trinajstić information content (AvgIpc) is 2.45. The van der Waals surface area contributed by atoms with Crippen molar-refractivity contribution in [3.8, 4) is 6.07 Å². The van der Waals surface area contributed by atoms with E-state index in [1.165, 1.54) is 4.90 Å². The number of amides is 1. The Balaban J connectivity index is 2.75. The predicted octanol–water partition coefficient (Wildman–Crippen LogP) is 1.38. The van der Waals surface area contributed by atoms with Gasteiger partial charge in [-0.3, -0.25) is 4.79 Å². The first kappa shape index (κ1) is 14.9. The van der Waals surface area contributed by atoms with Gasteiger partial charge in [-0.1, -0.05) is 36.4 Å². The van der Waals surface area contributed by atoms with Crippen LogP contribution in [-0.4, -0.2) is 35.6 Å². The number of carbonyl (C=O) groups is 1. The molecule has 1 N–H and O–H groups in total. The van der Waals surface area contributed by atoms with Crippen LogP contribution in [0.3, 0.4) is 0 Å². The number of carbonyl (C=O) groups excluding carboxylic acids is 1. The highest BCUT2D eigenvalue weighted by Crippen LogP contribution is 2.11. The second kappa shape index (κ2) is 8.06. The van der Waals surface area contributed by atoms with Crippen LogP contribution >= 0.6 is 0 Å². The lowest BCUT2D eigenvalue weighted by Gasteiger charge is -2.22. The fourth-order valence-electron chi connectivity index (χ4n) is 1.83. The lowest BCUT2D eigenvalue weighted by atomic mass is 9.99. The van der Waals surface area contributed by atoms with Crippen LogP contribution in [0.1, 0.15) is 5.56 Å². The smallest absolute Gasteiger partial charge is 0.240 e. The Morgan fingerprint density at radius 2 is 2.16 bits per heavy atom. The maximum absolute atomic E-state index is 12.2. The van der Waals surface area contributed by atoms with Gasteiger partial charge >= 0.3 is 0 Å². The van der Waals surface area contributed by atoms with Gasteiger partial charge in [0.2, 0.25) is 5.91 Å². The Morgan fingerprint density at radius 3 is 2.68 bits per heavy atom. The lowest BCUT2D eigenvalue weighted by molar-refractivity contribution is -0.133. The Hall–Kier alpha value is -2.12. The molecule has 100 valence electrons. The van der Waals surface area contributed by atoms with Gasteiger partial charge in [0, 0.05) is 13.1 Å². The van der Waals surface area contributed by atoms with Crippen LogP contribution in [0.5, 0.6) is 0 Å². The molecule has 0 aromatic heterocycles.